The molecule has 1 aromatic carbocycles. The second-order valence-electron chi connectivity index (χ2n) is 6.59. The van der Waals surface area contributed by atoms with Gasteiger partial charge in [0.2, 0.25) is 5.89 Å². The minimum atomic E-state index is -0.298. The highest BCUT2D eigenvalue weighted by Gasteiger charge is 2.31. The zero-order valence-corrected chi connectivity index (χ0v) is 13.8. The van der Waals surface area contributed by atoms with Crippen LogP contribution in [-0.4, -0.2) is 31.6 Å². The molecule has 0 amide bonds. The minimum absolute atomic E-state index is 0.124. The van der Waals surface area contributed by atoms with E-state index in [2.05, 4.69) is 25.0 Å². The number of imidazole rings is 1. The first-order valence-electron chi connectivity index (χ1n) is 8.32. The molecule has 1 aliphatic rings. The normalized spacial score (nSPS) is 18.9. The number of aromatic nitrogens is 4. The second-order valence-corrected chi connectivity index (χ2v) is 6.59. The Hall–Kier alpha value is -2.28. The number of nitrogens with zero attached hydrogens (tertiary/aromatic N) is 4. The summed E-state index contributed by atoms with van der Waals surface area (Å²) in [6, 6.07) is 5.08. The van der Waals surface area contributed by atoms with Crippen molar-refractivity contribution in [3.8, 4) is 0 Å². The Bertz CT molecular complexity index is 856. The summed E-state index contributed by atoms with van der Waals surface area (Å²) in [4.78, 5) is 14.4. The van der Waals surface area contributed by atoms with Crippen LogP contribution in [-0.2, 0) is 6.54 Å². The molecule has 2 aromatic heterocycles. The highest BCUT2D eigenvalue weighted by molar-refractivity contribution is 5.75. The summed E-state index contributed by atoms with van der Waals surface area (Å²) >= 11 is 0. The molecule has 0 radical (unpaired) electrons. The highest BCUT2D eigenvalue weighted by atomic mass is 19.1. The maximum Gasteiger partial charge on any atom is 0.229 e. The lowest BCUT2D eigenvalue weighted by Gasteiger charge is -2.20. The predicted octanol–water partition coefficient (Wildman–Crippen LogP) is 3.55. The number of nitrogens with one attached hydrogen (secondary N) is 1. The van der Waals surface area contributed by atoms with Gasteiger partial charge >= 0.3 is 0 Å². The molecule has 4 rings (SSSR count). The van der Waals surface area contributed by atoms with Gasteiger partial charge in [0.25, 0.3) is 0 Å². The summed E-state index contributed by atoms with van der Waals surface area (Å²) in [5.41, 5.74) is 1.12. The smallest absolute Gasteiger partial charge is 0.229 e. The van der Waals surface area contributed by atoms with E-state index < -0.39 is 0 Å². The highest BCUT2D eigenvalue weighted by Crippen LogP contribution is 2.32. The summed E-state index contributed by atoms with van der Waals surface area (Å²) in [5, 5.41) is 4.15. The van der Waals surface area contributed by atoms with Crippen LogP contribution in [0.15, 0.2) is 22.7 Å². The van der Waals surface area contributed by atoms with Crippen molar-refractivity contribution < 1.29 is 8.91 Å². The predicted molar refractivity (Wildman–Crippen MR) is 86.8 cm³/mol. The van der Waals surface area contributed by atoms with E-state index in [0.29, 0.717) is 18.0 Å². The second kappa shape index (κ2) is 5.98. The number of hydrogen-bond donors (Lipinski definition) is 1. The molecule has 3 aromatic rings. The maximum absolute atomic E-state index is 13.8. The van der Waals surface area contributed by atoms with Gasteiger partial charge in [-0.3, -0.25) is 4.90 Å². The van der Waals surface area contributed by atoms with Gasteiger partial charge in [-0.25, -0.2) is 9.37 Å². The van der Waals surface area contributed by atoms with E-state index in [1.165, 1.54) is 6.07 Å². The van der Waals surface area contributed by atoms with Crippen LogP contribution >= 0.6 is 0 Å². The van der Waals surface area contributed by atoms with Crippen molar-refractivity contribution in [3.63, 3.8) is 0 Å². The molecule has 0 unspecified atom stereocenters. The third-order valence-electron chi connectivity index (χ3n) is 4.48. The third kappa shape index (κ3) is 2.69. The lowest BCUT2D eigenvalue weighted by molar-refractivity contribution is 0.229. The topological polar surface area (TPSA) is 70.8 Å². The van der Waals surface area contributed by atoms with Gasteiger partial charge in [-0.05, 0) is 31.5 Å². The molecule has 1 saturated heterocycles. The molecule has 1 N–H and O–H groups in total. The van der Waals surface area contributed by atoms with Crippen LogP contribution in [0, 0.1) is 5.82 Å². The number of aromatic amines is 1. The van der Waals surface area contributed by atoms with E-state index in [0.717, 1.165) is 36.6 Å². The number of halogens is 1. The zero-order valence-electron chi connectivity index (χ0n) is 13.8. The molecule has 1 aliphatic heterocycles. The fourth-order valence-electron chi connectivity index (χ4n) is 3.24. The number of hydrogen-bond acceptors (Lipinski definition) is 5. The fourth-order valence-corrected chi connectivity index (χ4v) is 3.24. The Morgan fingerprint density at radius 2 is 2.25 bits per heavy atom. The van der Waals surface area contributed by atoms with Gasteiger partial charge in [0.05, 0.1) is 18.1 Å². The summed E-state index contributed by atoms with van der Waals surface area (Å²) in [6.45, 7) is 5.62. The van der Waals surface area contributed by atoms with Gasteiger partial charge in [-0.2, -0.15) is 4.98 Å². The van der Waals surface area contributed by atoms with Gasteiger partial charge in [0, 0.05) is 5.92 Å². The molecule has 0 spiro atoms. The molecule has 6 nitrogen and oxygen atoms in total. The number of H-pyrrole nitrogens is 1. The average Bonchev–Trinajstić information content (AvgIpc) is 3.25. The molecule has 1 fully saturated rings. The molecular weight excluding hydrogens is 309 g/mol. The maximum atomic E-state index is 13.8. The number of likely N-dealkylation sites (tertiary alicyclic amines) is 1. The molecule has 3 heterocycles. The van der Waals surface area contributed by atoms with E-state index in [1.807, 2.05) is 19.9 Å². The molecule has 24 heavy (non-hydrogen) atoms. The summed E-state index contributed by atoms with van der Waals surface area (Å²) in [5.74, 6) is 2.09. The fraction of sp³-hybridized carbons (Fsp3) is 0.471. The van der Waals surface area contributed by atoms with Gasteiger partial charge in [-0.15, -0.1) is 0 Å². The van der Waals surface area contributed by atoms with Gasteiger partial charge in [-0.1, -0.05) is 25.1 Å². The molecule has 0 bridgehead atoms. The van der Waals surface area contributed by atoms with Crippen LogP contribution in [0.2, 0.25) is 0 Å². The SMILES string of the molecule is CC(C)c1nc([C@@H]2CCCN2Cc2nc3c(F)cccc3[nH]2)no1. The minimum Gasteiger partial charge on any atom is -0.341 e. The van der Waals surface area contributed by atoms with Gasteiger partial charge < -0.3 is 9.51 Å². The van der Waals surface area contributed by atoms with Crippen molar-refractivity contribution in [3.05, 3.63) is 41.6 Å². The largest absolute Gasteiger partial charge is 0.341 e. The number of benzene rings is 1. The Morgan fingerprint density at radius 3 is 3.00 bits per heavy atom. The van der Waals surface area contributed by atoms with Gasteiger partial charge in [0.1, 0.15) is 11.3 Å². The molecular formula is C17H20FN5O. The molecule has 7 heteroatoms. The lowest BCUT2D eigenvalue weighted by Crippen LogP contribution is -2.24. The Balaban J connectivity index is 1.56. The Labute approximate surface area is 139 Å². The number of fused-ring (bicyclic) bond motifs is 1. The Morgan fingerprint density at radius 1 is 1.38 bits per heavy atom. The third-order valence-corrected chi connectivity index (χ3v) is 4.48. The standard InChI is InChI=1S/C17H20FN5O/c1-10(2)17-21-16(22-24-17)13-7-4-8-23(13)9-14-19-12-6-3-5-11(18)15(12)20-14/h3,5-6,10,13H,4,7-9H2,1-2H3,(H,19,20)/t13-/m0/s1. The van der Waals surface area contributed by atoms with Crippen molar-refractivity contribution in [2.45, 2.75) is 45.2 Å². The first kappa shape index (κ1) is 15.3. The van der Waals surface area contributed by atoms with Crippen LogP contribution in [0.3, 0.4) is 0 Å². The summed E-state index contributed by atoms with van der Waals surface area (Å²) in [6.07, 6.45) is 2.07. The van der Waals surface area contributed by atoms with Gasteiger partial charge in [0.15, 0.2) is 11.6 Å². The first-order chi connectivity index (χ1) is 11.6. The lowest BCUT2D eigenvalue weighted by atomic mass is 10.2. The first-order valence-corrected chi connectivity index (χ1v) is 8.32. The molecule has 0 saturated carbocycles. The van der Waals surface area contributed by atoms with Crippen LogP contribution < -0.4 is 0 Å². The molecule has 1 atom stereocenters. The zero-order chi connectivity index (χ0) is 16.7. The van der Waals surface area contributed by atoms with Crippen LogP contribution in [0.1, 0.15) is 56.2 Å². The number of para-hydroxylation sites is 1. The number of rotatable bonds is 4. The average molecular weight is 329 g/mol. The van der Waals surface area contributed by atoms with E-state index >= 15 is 0 Å². The van der Waals surface area contributed by atoms with E-state index in [1.54, 1.807) is 6.07 Å². The summed E-state index contributed by atoms with van der Waals surface area (Å²) < 4.78 is 19.1. The van der Waals surface area contributed by atoms with Crippen molar-refractivity contribution in [1.29, 1.82) is 0 Å². The van der Waals surface area contributed by atoms with Crippen molar-refractivity contribution in [2.75, 3.05) is 6.54 Å². The van der Waals surface area contributed by atoms with Crippen molar-refractivity contribution >= 4 is 11.0 Å². The van der Waals surface area contributed by atoms with E-state index in [-0.39, 0.29) is 17.8 Å². The van der Waals surface area contributed by atoms with Crippen LogP contribution in [0.25, 0.3) is 11.0 Å². The van der Waals surface area contributed by atoms with Crippen molar-refractivity contribution in [2.24, 2.45) is 0 Å². The molecule has 0 aliphatic carbocycles. The Kier molecular flexibility index (Phi) is 3.80. The van der Waals surface area contributed by atoms with Crippen molar-refractivity contribution in [1.82, 2.24) is 25.0 Å². The van der Waals surface area contributed by atoms with E-state index in [9.17, 15) is 4.39 Å². The molecule has 126 valence electrons. The van der Waals surface area contributed by atoms with Crippen LogP contribution in [0.5, 0.6) is 0 Å². The monoisotopic (exact) mass is 329 g/mol. The van der Waals surface area contributed by atoms with Crippen LogP contribution in [0.4, 0.5) is 4.39 Å². The quantitative estimate of drug-likeness (QED) is 0.792. The summed E-state index contributed by atoms with van der Waals surface area (Å²) in [7, 11) is 0. The van der Waals surface area contributed by atoms with E-state index in [4.69, 9.17) is 4.52 Å².